The van der Waals surface area contributed by atoms with Gasteiger partial charge >= 0.3 is 0 Å². The van der Waals surface area contributed by atoms with Crippen LogP contribution in [-0.4, -0.2) is 76.0 Å². The van der Waals surface area contributed by atoms with E-state index in [0.29, 0.717) is 26.3 Å². The molecule has 9 heteroatoms. The molecule has 4 rings (SSSR count). The molecule has 140 valence electrons. The Bertz CT molecular complexity index is 779. The van der Waals surface area contributed by atoms with E-state index in [4.69, 9.17) is 10.5 Å². The Kier molecular flexibility index (Phi) is 4.73. The summed E-state index contributed by atoms with van der Waals surface area (Å²) in [5, 5.41) is 5.20. The molecular weight excluding hydrogens is 334 g/mol. The van der Waals surface area contributed by atoms with Crippen LogP contribution in [0.3, 0.4) is 0 Å². The van der Waals surface area contributed by atoms with Gasteiger partial charge in [-0.1, -0.05) is 0 Å². The van der Waals surface area contributed by atoms with Crippen molar-refractivity contribution < 1.29 is 9.53 Å². The number of hydrogen-bond acceptors (Lipinski definition) is 7. The van der Waals surface area contributed by atoms with E-state index in [1.807, 2.05) is 11.9 Å². The van der Waals surface area contributed by atoms with Gasteiger partial charge in [-0.2, -0.15) is 5.10 Å². The fraction of sp³-hybridized carbons (Fsp3) is 0.647. The molecule has 0 radical (unpaired) electrons. The zero-order chi connectivity index (χ0) is 18.1. The number of hydrogen-bond donors (Lipinski definition) is 1. The molecule has 0 bridgehead atoms. The highest BCUT2D eigenvalue weighted by molar-refractivity contribution is 5.87. The highest BCUT2D eigenvalue weighted by atomic mass is 16.5. The molecule has 2 saturated heterocycles. The predicted molar refractivity (Wildman–Crippen MR) is 96.6 cm³/mol. The van der Waals surface area contributed by atoms with Crippen molar-refractivity contribution >= 4 is 22.8 Å². The summed E-state index contributed by atoms with van der Waals surface area (Å²) in [5.41, 5.74) is 7.07. The zero-order valence-electron chi connectivity index (χ0n) is 15.0. The van der Waals surface area contributed by atoms with E-state index in [1.165, 1.54) is 0 Å². The molecule has 1 amide bonds. The topological polar surface area (TPSA) is 102 Å². The number of rotatable bonds is 3. The van der Waals surface area contributed by atoms with Gasteiger partial charge in [0.25, 0.3) is 0 Å². The Morgan fingerprint density at radius 1 is 1.23 bits per heavy atom. The van der Waals surface area contributed by atoms with Gasteiger partial charge in [0.1, 0.15) is 12.1 Å². The number of carbonyl (C=O) groups is 1. The first-order chi connectivity index (χ1) is 12.6. The lowest BCUT2D eigenvalue weighted by atomic mass is 9.91. The first-order valence-corrected chi connectivity index (χ1v) is 9.15. The Morgan fingerprint density at radius 3 is 2.69 bits per heavy atom. The van der Waals surface area contributed by atoms with Gasteiger partial charge in [0.15, 0.2) is 5.65 Å². The lowest BCUT2D eigenvalue weighted by molar-refractivity contribution is -0.135. The molecule has 0 saturated carbocycles. The van der Waals surface area contributed by atoms with Crippen molar-refractivity contribution in [3.8, 4) is 0 Å². The second kappa shape index (κ2) is 7.16. The molecule has 0 aromatic carbocycles. The summed E-state index contributed by atoms with van der Waals surface area (Å²) >= 11 is 0. The molecule has 1 unspecified atom stereocenters. The average molecular weight is 359 g/mol. The van der Waals surface area contributed by atoms with Gasteiger partial charge < -0.3 is 20.3 Å². The maximum atomic E-state index is 12.8. The lowest BCUT2D eigenvalue weighted by Gasteiger charge is -2.38. The van der Waals surface area contributed by atoms with Crippen LogP contribution in [0, 0.1) is 5.92 Å². The van der Waals surface area contributed by atoms with Gasteiger partial charge in [-0.05, 0) is 18.8 Å². The fourth-order valence-electron chi connectivity index (χ4n) is 3.83. The largest absolute Gasteiger partial charge is 0.381 e. The van der Waals surface area contributed by atoms with Crippen molar-refractivity contribution in [2.75, 3.05) is 44.3 Å². The summed E-state index contributed by atoms with van der Waals surface area (Å²) in [6, 6.07) is -0.422. The molecule has 0 spiro atoms. The van der Waals surface area contributed by atoms with E-state index in [2.05, 4.69) is 20.0 Å². The number of nitrogens with zero attached hydrogens (tertiary/aromatic N) is 6. The number of ether oxygens (including phenoxy) is 1. The molecule has 2 aromatic rings. The van der Waals surface area contributed by atoms with E-state index in [0.717, 1.165) is 42.8 Å². The quantitative estimate of drug-likeness (QED) is 0.807. The van der Waals surface area contributed by atoms with Gasteiger partial charge in [-0.25, -0.2) is 9.97 Å². The standard InChI is InChI=1S/C17H25N7O2/c1-22-15-13(10-21-22)16(20-11-19-15)23-4-6-24(7-5-23)17(25)14(18)12-2-8-26-9-3-12/h10-12,14H,2-9,18H2,1H3. The number of fused-ring (bicyclic) bond motifs is 1. The third-order valence-corrected chi connectivity index (χ3v) is 5.46. The van der Waals surface area contributed by atoms with Gasteiger partial charge in [0.05, 0.1) is 17.6 Å². The van der Waals surface area contributed by atoms with E-state index in [-0.39, 0.29) is 11.8 Å². The minimum Gasteiger partial charge on any atom is -0.381 e. The zero-order valence-corrected chi connectivity index (χ0v) is 15.0. The van der Waals surface area contributed by atoms with Crippen LogP contribution in [0.25, 0.3) is 11.0 Å². The van der Waals surface area contributed by atoms with Gasteiger partial charge in [-0.3, -0.25) is 9.48 Å². The number of carbonyl (C=O) groups excluding carboxylic acids is 1. The molecule has 2 fully saturated rings. The van der Waals surface area contributed by atoms with E-state index in [9.17, 15) is 4.79 Å². The van der Waals surface area contributed by atoms with Crippen molar-refractivity contribution in [3.63, 3.8) is 0 Å². The second-order valence-corrected chi connectivity index (χ2v) is 6.99. The normalized spacial score (nSPS) is 20.5. The van der Waals surface area contributed by atoms with Crippen LogP contribution < -0.4 is 10.6 Å². The van der Waals surface area contributed by atoms with Gasteiger partial charge in [0.2, 0.25) is 5.91 Å². The monoisotopic (exact) mass is 359 g/mol. The minimum atomic E-state index is -0.422. The molecule has 2 aromatic heterocycles. The van der Waals surface area contributed by atoms with E-state index in [1.54, 1.807) is 17.2 Å². The SMILES string of the molecule is Cn1ncc2c(N3CCN(C(=O)C(N)C4CCOCC4)CC3)ncnc21. The summed E-state index contributed by atoms with van der Waals surface area (Å²) in [5.74, 6) is 1.17. The van der Waals surface area contributed by atoms with Crippen molar-refractivity contribution in [3.05, 3.63) is 12.5 Å². The predicted octanol–water partition coefficient (Wildman–Crippen LogP) is -0.234. The van der Waals surface area contributed by atoms with Crippen molar-refractivity contribution in [1.82, 2.24) is 24.6 Å². The second-order valence-electron chi connectivity index (χ2n) is 6.99. The Balaban J connectivity index is 1.41. The first kappa shape index (κ1) is 17.2. The minimum absolute atomic E-state index is 0.0609. The van der Waals surface area contributed by atoms with Crippen molar-refractivity contribution in [1.29, 1.82) is 0 Å². The summed E-state index contributed by atoms with van der Waals surface area (Å²) in [7, 11) is 1.87. The van der Waals surface area contributed by atoms with Gasteiger partial charge in [0, 0.05) is 46.4 Å². The number of aromatic nitrogens is 4. The van der Waals surface area contributed by atoms with E-state index < -0.39 is 6.04 Å². The third-order valence-electron chi connectivity index (χ3n) is 5.46. The molecule has 0 aliphatic carbocycles. The molecule has 1 atom stereocenters. The Hall–Kier alpha value is -2.26. The number of nitrogens with two attached hydrogens (primary N) is 1. The molecule has 2 N–H and O–H groups in total. The van der Waals surface area contributed by atoms with Crippen LogP contribution in [0.2, 0.25) is 0 Å². The molecular formula is C17H25N7O2. The van der Waals surface area contributed by atoms with Crippen LogP contribution in [0.4, 0.5) is 5.82 Å². The summed E-state index contributed by atoms with van der Waals surface area (Å²) in [6.45, 7) is 4.17. The first-order valence-electron chi connectivity index (χ1n) is 9.15. The maximum Gasteiger partial charge on any atom is 0.239 e. The van der Waals surface area contributed by atoms with Crippen LogP contribution in [-0.2, 0) is 16.6 Å². The maximum absolute atomic E-state index is 12.8. The van der Waals surface area contributed by atoms with Crippen LogP contribution in [0.5, 0.6) is 0 Å². The molecule has 2 aliphatic rings. The van der Waals surface area contributed by atoms with Crippen LogP contribution in [0.1, 0.15) is 12.8 Å². The summed E-state index contributed by atoms with van der Waals surface area (Å²) in [6.07, 6.45) is 5.10. The molecule has 2 aliphatic heterocycles. The number of aryl methyl sites for hydroxylation is 1. The summed E-state index contributed by atoms with van der Waals surface area (Å²) in [4.78, 5) is 25.6. The molecule has 4 heterocycles. The highest BCUT2D eigenvalue weighted by Gasteiger charge is 2.32. The van der Waals surface area contributed by atoms with E-state index >= 15 is 0 Å². The van der Waals surface area contributed by atoms with Crippen molar-refractivity contribution in [2.24, 2.45) is 18.7 Å². The van der Waals surface area contributed by atoms with Crippen LogP contribution in [0.15, 0.2) is 12.5 Å². The number of piperazine rings is 1. The fourth-order valence-corrected chi connectivity index (χ4v) is 3.83. The number of amides is 1. The summed E-state index contributed by atoms with van der Waals surface area (Å²) < 4.78 is 7.11. The van der Waals surface area contributed by atoms with Gasteiger partial charge in [-0.15, -0.1) is 0 Å². The third kappa shape index (κ3) is 3.12. The lowest BCUT2D eigenvalue weighted by Crippen LogP contribution is -2.55. The van der Waals surface area contributed by atoms with Crippen molar-refractivity contribution in [2.45, 2.75) is 18.9 Å². The average Bonchev–Trinajstić information content (AvgIpc) is 3.09. The smallest absolute Gasteiger partial charge is 0.239 e. The number of anilines is 1. The molecule has 26 heavy (non-hydrogen) atoms. The van der Waals surface area contributed by atoms with Crippen LogP contribution >= 0.6 is 0 Å². The Labute approximate surface area is 152 Å². The highest BCUT2D eigenvalue weighted by Crippen LogP contribution is 2.24. The molecule has 9 nitrogen and oxygen atoms in total. The Morgan fingerprint density at radius 2 is 1.96 bits per heavy atom.